The lowest BCUT2D eigenvalue weighted by atomic mass is 10.1. The quantitative estimate of drug-likeness (QED) is 0.453. The van der Waals surface area contributed by atoms with Crippen molar-refractivity contribution in [2.75, 3.05) is 34.3 Å². The second-order valence-electron chi connectivity index (χ2n) is 5.93. The minimum absolute atomic E-state index is 0.0206. The van der Waals surface area contributed by atoms with Gasteiger partial charge in [0, 0.05) is 26.2 Å². The molecule has 24 heavy (non-hydrogen) atoms. The summed E-state index contributed by atoms with van der Waals surface area (Å²) in [5.74, 6) is 1.35. The van der Waals surface area contributed by atoms with Gasteiger partial charge in [0.25, 0.3) is 0 Å². The molecule has 0 atom stereocenters. The number of aryl methyl sites for hydroxylation is 1. The van der Waals surface area contributed by atoms with Gasteiger partial charge in [0.2, 0.25) is 5.91 Å². The molecule has 2 N–H and O–H groups in total. The molecular formula is C18H28N4O2. The normalized spacial score (nSPS) is 11.0. The summed E-state index contributed by atoms with van der Waals surface area (Å²) in [5.41, 5.74) is 3.10. The number of hydrogen-bond acceptors (Lipinski definition) is 3. The van der Waals surface area contributed by atoms with Gasteiger partial charge in [-0.25, -0.2) is 4.99 Å². The van der Waals surface area contributed by atoms with Gasteiger partial charge in [-0.1, -0.05) is 24.3 Å². The highest BCUT2D eigenvalue weighted by molar-refractivity contribution is 5.86. The molecule has 0 radical (unpaired) electrons. The van der Waals surface area contributed by atoms with Gasteiger partial charge >= 0.3 is 0 Å². The molecule has 0 aromatic heterocycles. The standard InChI is InChI=1S/C18H28N4O2/c1-13(2)10-19-18(21-12-17(23)22(4)5)20-11-15-8-7-14(3)9-16(15)24-6/h7-9H,1,10-12H2,2-6H3,(H2,19,20,21). The third-order valence-corrected chi connectivity index (χ3v) is 3.31. The van der Waals surface area contributed by atoms with Crippen molar-refractivity contribution in [3.05, 3.63) is 41.5 Å². The molecule has 132 valence electrons. The van der Waals surface area contributed by atoms with E-state index < -0.39 is 0 Å². The Morgan fingerprint density at radius 2 is 1.96 bits per heavy atom. The fourth-order valence-corrected chi connectivity index (χ4v) is 1.87. The summed E-state index contributed by atoms with van der Waals surface area (Å²) in [6.07, 6.45) is 0. The molecule has 1 aromatic carbocycles. The van der Waals surface area contributed by atoms with Gasteiger partial charge in [-0.2, -0.15) is 0 Å². The molecule has 1 amide bonds. The number of guanidine groups is 1. The summed E-state index contributed by atoms with van der Waals surface area (Å²) in [6.45, 7) is 9.03. The predicted octanol–water partition coefficient (Wildman–Crippen LogP) is 1.70. The van der Waals surface area contributed by atoms with Crippen LogP contribution in [-0.2, 0) is 11.3 Å². The lowest BCUT2D eigenvalue weighted by Crippen LogP contribution is -2.43. The topological polar surface area (TPSA) is 66.0 Å². The molecule has 0 aliphatic heterocycles. The molecule has 0 bridgehead atoms. The zero-order chi connectivity index (χ0) is 18.1. The van der Waals surface area contributed by atoms with E-state index in [4.69, 9.17) is 4.74 Å². The van der Waals surface area contributed by atoms with E-state index >= 15 is 0 Å². The third-order valence-electron chi connectivity index (χ3n) is 3.31. The minimum atomic E-state index is -0.0206. The maximum Gasteiger partial charge on any atom is 0.241 e. The van der Waals surface area contributed by atoms with Crippen LogP contribution in [0.4, 0.5) is 0 Å². The van der Waals surface area contributed by atoms with E-state index in [0.29, 0.717) is 19.0 Å². The summed E-state index contributed by atoms with van der Waals surface area (Å²) in [4.78, 5) is 17.8. The number of methoxy groups -OCH3 is 1. The molecule has 0 aliphatic carbocycles. The first-order valence-corrected chi connectivity index (χ1v) is 7.83. The Balaban J connectivity index is 2.82. The molecule has 0 unspecified atom stereocenters. The van der Waals surface area contributed by atoms with Crippen molar-refractivity contribution in [1.82, 2.24) is 15.5 Å². The first kappa shape index (κ1) is 19.5. The van der Waals surface area contributed by atoms with E-state index in [1.165, 1.54) is 4.90 Å². The van der Waals surface area contributed by atoms with Crippen LogP contribution in [0.15, 0.2) is 35.3 Å². The van der Waals surface area contributed by atoms with Crippen molar-refractivity contribution in [3.8, 4) is 5.75 Å². The summed E-state index contributed by atoms with van der Waals surface area (Å²) in [5, 5.41) is 6.20. The van der Waals surface area contributed by atoms with E-state index in [1.807, 2.05) is 32.0 Å². The van der Waals surface area contributed by atoms with Crippen LogP contribution < -0.4 is 15.4 Å². The lowest BCUT2D eigenvalue weighted by Gasteiger charge is -2.15. The third kappa shape index (κ3) is 6.73. The predicted molar refractivity (Wildman–Crippen MR) is 98.4 cm³/mol. The fourth-order valence-electron chi connectivity index (χ4n) is 1.87. The zero-order valence-corrected chi connectivity index (χ0v) is 15.3. The average molecular weight is 332 g/mol. The largest absolute Gasteiger partial charge is 0.496 e. The van der Waals surface area contributed by atoms with Crippen LogP contribution in [0.2, 0.25) is 0 Å². The molecule has 0 spiro atoms. The molecule has 0 saturated carbocycles. The van der Waals surface area contributed by atoms with E-state index in [-0.39, 0.29) is 12.5 Å². The number of carbonyl (C=O) groups excluding carboxylic acids is 1. The lowest BCUT2D eigenvalue weighted by molar-refractivity contribution is -0.127. The second kappa shape index (κ2) is 9.60. The van der Waals surface area contributed by atoms with Gasteiger partial charge in [-0.15, -0.1) is 0 Å². The van der Waals surface area contributed by atoms with Crippen LogP contribution in [0.5, 0.6) is 5.75 Å². The number of likely N-dealkylation sites (N-methyl/N-ethyl adjacent to an activating group) is 1. The van der Waals surface area contributed by atoms with Crippen molar-refractivity contribution in [3.63, 3.8) is 0 Å². The Bertz CT molecular complexity index is 609. The van der Waals surface area contributed by atoms with Crippen LogP contribution in [0.25, 0.3) is 0 Å². The van der Waals surface area contributed by atoms with Gasteiger partial charge < -0.3 is 20.3 Å². The van der Waals surface area contributed by atoms with Crippen molar-refractivity contribution < 1.29 is 9.53 Å². The van der Waals surface area contributed by atoms with Gasteiger partial charge in [0.05, 0.1) is 20.2 Å². The number of benzene rings is 1. The minimum Gasteiger partial charge on any atom is -0.496 e. The number of carbonyl (C=O) groups is 1. The Hall–Kier alpha value is -2.50. The molecule has 0 aliphatic rings. The van der Waals surface area contributed by atoms with Crippen molar-refractivity contribution in [2.24, 2.45) is 4.99 Å². The second-order valence-corrected chi connectivity index (χ2v) is 5.93. The van der Waals surface area contributed by atoms with Crippen LogP contribution in [0.1, 0.15) is 18.1 Å². The van der Waals surface area contributed by atoms with Crippen LogP contribution >= 0.6 is 0 Å². The number of ether oxygens (including phenoxy) is 1. The SMILES string of the molecule is C=C(C)CNC(=NCc1ccc(C)cc1OC)NCC(=O)N(C)C. The molecule has 0 fully saturated rings. The molecule has 0 heterocycles. The molecule has 0 saturated heterocycles. The Morgan fingerprint density at radius 3 is 2.54 bits per heavy atom. The smallest absolute Gasteiger partial charge is 0.241 e. The van der Waals surface area contributed by atoms with Gasteiger partial charge in [0.15, 0.2) is 5.96 Å². The Labute approximate surface area is 144 Å². The monoisotopic (exact) mass is 332 g/mol. The van der Waals surface area contributed by atoms with Crippen LogP contribution in [0, 0.1) is 6.92 Å². The number of aliphatic imine (C=N–C) groups is 1. The van der Waals surface area contributed by atoms with E-state index in [9.17, 15) is 4.79 Å². The maximum absolute atomic E-state index is 11.7. The van der Waals surface area contributed by atoms with Crippen LogP contribution in [-0.4, -0.2) is 51.1 Å². The first-order chi connectivity index (χ1) is 11.3. The fraction of sp³-hybridized carbons (Fsp3) is 0.444. The molecule has 6 nitrogen and oxygen atoms in total. The highest BCUT2D eigenvalue weighted by Gasteiger charge is 2.07. The zero-order valence-electron chi connectivity index (χ0n) is 15.3. The molecule has 1 rings (SSSR count). The summed E-state index contributed by atoms with van der Waals surface area (Å²) in [6, 6.07) is 6.01. The highest BCUT2D eigenvalue weighted by atomic mass is 16.5. The van der Waals surface area contributed by atoms with E-state index in [1.54, 1.807) is 21.2 Å². The summed E-state index contributed by atoms with van der Waals surface area (Å²) >= 11 is 0. The van der Waals surface area contributed by atoms with Gasteiger partial charge in [0.1, 0.15) is 5.75 Å². The summed E-state index contributed by atoms with van der Waals surface area (Å²) < 4.78 is 5.40. The average Bonchev–Trinajstić information content (AvgIpc) is 2.54. The first-order valence-electron chi connectivity index (χ1n) is 7.83. The number of amides is 1. The molecule has 1 aromatic rings. The van der Waals surface area contributed by atoms with Crippen molar-refractivity contribution in [1.29, 1.82) is 0 Å². The van der Waals surface area contributed by atoms with Gasteiger partial charge in [-0.05, 0) is 25.5 Å². The number of hydrogen-bond donors (Lipinski definition) is 2. The van der Waals surface area contributed by atoms with Crippen LogP contribution in [0.3, 0.4) is 0 Å². The van der Waals surface area contributed by atoms with E-state index in [0.717, 1.165) is 22.4 Å². The number of rotatable bonds is 7. The van der Waals surface area contributed by atoms with Gasteiger partial charge in [-0.3, -0.25) is 4.79 Å². The van der Waals surface area contributed by atoms with Crippen molar-refractivity contribution in [2.45, 2.75) is 20.4 Å². The Kier molecular flexibility index (Phi) is 7.82. The number of nitrogens with zero attached hydrogens (tertiary/aromatic N) is 2. The number of nitrogens with one attached hydrogen (secondary N) is 2. The molecular weight excluding hydrogens is 304 g/mol. The highest BCUT2D eigenvalue weighted by Crippen LogP contribution is 2.20. The molecule has 6 heteroatoms. The summed E-state index contributed by atoms with van der Waals surface area (Å²) in [7, 11) is 5.09. The Morgan fingerprint density at radius 1 is 1.29 bits per heavy atom. The maximum atomic E-state index is 11.7. The van der Waals surface area contributed by atoms with Crippen molar-refractivity contribution >= 4 is 11.9 Å². The van der Waals surface area contributed by atoms with E-state index in [2.05, 4.69) is 22.2 Å².